The summed E-state index contributed by atoms with van der Waals surface area (Å²) in [6.45, 7) is 7.31. The third kappa shape index (κ3) is 4.69. The van der Waals surface area contributed by atoms with Crippen LogP contribution in [-0.2, 0) is 11.2 Å². The van der Waals surface area contributed by atoms with E-state index in [0.717, 1.165) is 24.8 Å². The Labute approximate surface area is 172 Å². The molecule has 0 spiro atoms. The summed E-state index contributed by atoms with van der Waals surface area (Å²) in [7, 11) is -2.96. The minimum atomic E-state index is -2.96. The van der Waals surface area contributed by atoms with Gasteiger partial charge in [-0.3, -0.25) is 0 Å². The van der Waals surface area contributed by atoms with Gasteiger partial charge in [-0.15, -0.1) is 0 Å². The molecule has 1 aliphatic carbocycles. The molecule has 0 aliphatic heterocycles. The molecule has 3 N–H and O–H groups in total. The second kappa shape index (κ2) is 8.99. The van der Waals surface area contributed by atoms with E-state index in [-0.39, 0.29) is 22.8 Å². The Bertz CT molecular complexity index is 837. The monoisotopic (exact) mass is 393 g/mol. The summed E-state index contributed by atoms with van der Waals surface area (Å²) in [5.41, 5.74) is 0.176. The summed E-state index contributed by atoms with van der Waals surface area (Å²) < 4.78 is 26.4. The number of allylic oxidation sites excluding steroid dienone is 2. The minimum Gasteiger partial charge on any atom is -0.507 e. The fraction of sp³-hybridized carbons (Fsp3) is 0.609. The van der Waals surface area contributed by atoms with E-state index in [1.165, 1.54) is 6.07 Å². The number of methoxy groups -OCH3 is 1. The summed E-state index contributed by atoms with van der Waals surface area (Å²) >= 11 is 0. The van der Waals surface area contributed by atoms with Crippen molar-refractivity contribution in [2.75, 3.05) is 7.04 Å². The molecule has 28 heavy (non-hydrogen) atoms. The van der Waals surface area contributed by atoms with Gasteiger partial charge in [0.25, 0.3) is 0 Å². The number of phenolic OH excluding ortho intramolecular Hbond substituents is 2. The molecular formula is C23H34O5. The van der Waals surface area contributed by atoms with Crippen molar-refractivity contribution in [2.24, 2.45) is 5.92 Å². The van der Waals surface area contributed by atoms with Crippen LogP contribution >= 0.6 is 0 Å². The predicted molar refractivity (Wildman–Crippen MR) is 110 cm³/mol. The van der Waals surface area contributed by atoms with Crippen LogP contribution in [0.3, 0.4) is 0 Å². The zero-order valence-electron chi connectivity index (χ0n) is 20.2. The number of aryl methyl sites for hydroxylation is 1. The number of unbranched alkanes of at least 4 members (excludes halogenated alkanes) is 2. The fourth-order valence-corrected chi connectivity index (χ4v) is 4.24. The average Bonchev–Trinajstić information content (AvgIpc) is 2.59. The van der Waals surface area contributed by atoms with Crippen molar-refractivity contribution >= 4 is 5.97 Å². The lowest BCUT2D eigenvalue weighted by Gasteiger charge is -2.38. The van der Waals surface area contributed by atoms with Crippen molar-refractivity contribution in [3.63, 3.8) is 0 Å². The SMILES string of the molecule is [2H]C([2H])([2H])OC(=O)c1c(CCCCC)cc(O)c(C2C=C(C)CCC2C(C)(C)O)c1O. The number of hydrogen-bond acceptors (Lipinski definition) is 5. The van der Waals surface area contributed by atoms with Gasteiger partial charge in [0.15, 0.2) is 0 Å². The van der Waals surface area contributed by atoms with Crippen LogP contribution in [0.2, 0.25) is 0 Å². The Kier molecular flexibility index (Phi) is 5.80. The normalized spacial score (nSPS) is 22.0. The van der Waals surface area contributed by atoms with Crippen LogP contribution in [0.1, 0.15) is 91.3 Å². The van der Waals surface area contributed by atoms with Crippen molar-refractivity contribution in [1.82, 2.24) is 0 Å². The summed E-state index contributed by atoms with van der Waals surface area (Å²) in [4.78, 5) is 12.7. The first-order valence-corrected chi connectivity index (χ1v) is 9.97. The highest BCUT2D eigenvalue weighted by atomic mass is 16.5. The van der Waals surface area contributed by atoms with Gasteiger partial charge >= 0.3 is 5.97 Å². The van der Waals surface area contributed by atoms with Gasteiger partial charge in [-0.2, -0.15) is 0 Å². The second-order valence-electron chi connectivity index (χ2n) is 8.38. The van der Waals surface area contributed by atoms with Gasteiger partial charge in [-0.05, 0) is 64.0 Å². The largest absolute Gasteiger partial charge is 0.507 e. The predicted octanol–water partition coefficient (Wildman–Crippen LogP) is 4.83. The van der Waals surface area contributed by atoms with E-state index >= 15 is 0 Å². The standard InChI is InChI=1S/C23H34O5/c1-6-7-8-9-15-13-18(24)20(21(25)19(15)22(26)28-5)16-12-14(2)10-11-17(16)23(3,4)27/h12-13,16-17,24-25,27H,6-11H2,1-5H3/i5D3. The van der Waals surface area contributed by atoms with Crippen molar-refractivity contribution in [2.45, 2.75) is 77.7 Å². The van der Waals surface area contributed by atoms with Gasteiger partial charge < -0.3 is 20.1 Å². The van der Waals surface area contributed by atoms with Crippen LogP contribution < -0.4 is 0 Å². The second-order valence-corrected chi connectivity index (χ2v) is 8.38. The summed E-state index contributed by atoms with van der Waals surface area (Å²) in [5, 5.41) is 32.7. The number of aromatic hydroxyl groups is 2. The Morgan fingerprint density at radius 2 is 2.07 bits per heavy atom. The first-order valence-electron chi connectivity index (χ1n) is 11.5. The van der Waals surface area contributed by atoms with E-state index in [2.05, 4.69) is 4.74 Å². The molecule has 1 aliphatic rings. The number of benzene rings is 1. The number of carbonyl (C=O) groups excluding carboxylic acids is 1. The van der Waals surface area contributed by atoms with Gasteiger partial charge in [0.2, 0.25) is 0 Å². The topological polar surface area (TPSA) is 87.0 Å². The van der Waals surface area contributed by atoms with Crippen LogP contribution in [0.25, 0.3) is 0 Å². The number of esters is 1. The number of hydrogen-bond donors (Lipinski definition) is 3. The van der Waals surface area contributed by atoms with Crippen molar-refractivity contribution in [3.8, 4) is 11.5 Å². The summed E-state index contributed by atoms with van der Waals surface area (Å²) in [6.07, 6.45) is 6.20. The number of aliphatic hydroxyl groups is 1. The molecule has 0 saturated carbocycles. The van der Waals surface area contributed by atoms with Crippen LogP contribution in [0.4, 0.5) is 0 Å². The van der Waals surface area contributed by atoms with Gasteiger partial charge in [-0.1, -0.05) is 31.4 Å². The number of carbonyl (C=O) groups is 1. The molecule has 0 heterocycles. The summed E-state index contributed by atoms with van der Waals surface area (Å²) in [5.74, 6) is -2.67. The molecule has 1 aromatic rings. The van der Waals surface area contributed by atoms with Gasteiger partial charge in [-0.25, -0.2) is 4.79 Å². The molecule has 5 nitrogen and oxygen atoms in total. The van der Waals surface area contributed by atoms with E-state index in [4.69, 9.17) is 4.11 Å². The maximum absolute atomic E-state index is 12.7. The average molecular weight is 394 g/mol. The third-order valence-corrected chi connectivity index (χ3v) is 5.73. The van der Waals surface area contributed by atoms with Crippen LogP contribution in [0.15, 0.2) is 17.7 Å². The van der Waals surface area contributed by atoms with Gasteiger partial charge in [0, 0.05) is 11.5 Å². The van der Waals surface area contributed by atoms with Crippen LogP contribution in [0.5, 0.6) is 11.5 Å². The molecule has 2 atom stereocenters. The van der Waals surface area contributed by atoms with Crippen molar-refractivity contribution in [1.29, 1.82) is 0 Å². The molecule has 2 unspecified atom stereocenters. The lowest BCUT2D eigenvalue weighted by atomic mass is 9.69. The molecule has 0 fully saturated rings. The maximum atomic E-state index is 12.7. The van der Waals surface area contributed by atoms with Crippen LogP contribution in [-0.4, -0.2) is 33.9 Å². The number of ether oxygens (including phenoxy) is 1. The molecule has 156 valence electrons. The molecule has 0 amide bonds. The van der Waals surface area contributed by atoms with Crippen molar-refractivity contribution in [3.05, 3.63) is 34.4 Å². The van der Waals surface area contributed by atoms with E-state index < -0.39 is 30.3 Å². The Morgan fingerprint density at radius 1 is 1.36 bits per heavy atom. The fourth-order valence-electron chi connectivity index (χ4n) is 4.24. The molecule has 5 heteroatoms. The molecular weight excluding hydrogens is 356 g/mol. The first-order chi connectivity index (χ1) is 14.3. The summed E-state index contributed by atoms with van der Waals surface area (Å²) in [6, 6.07) is 1.42. The lowest BCUT2D eigenvalue weighted by Crippen LogP contribution is -2.36. The zero-order valence-corrected chi connectivity index (χ0v) is 17.2. The highest BCUT2D eigenvalue weighted by Crippen LogP contribution is 2.49. The zero-order chi connectivity index (χ0) is 23.6. The van der Waals surface area contributed by atoms with Gasteiger partial charge in [0.05, 0.1) is 16.8 Å². The number of rotatable bonds is 7. The highest BCUT2D eigenvalue weighted by Gasteiger charge is 2.39. The molecule has 0 aromatic heterocycles. The molecule has 0 bridgehead atoms. The Hall–Kier alpha value is -2.01. The smallest absolute Gasteiger partial charge is 0.341 e. The quantitative estimate of drug-likeness (QED) is 0.351. The third-order valence-electron chi connectivity index (χ3n) is 5.73. The van der Waals surface area contributed by atoms with E-state index in [9.17, 15) is 20.1 Å². The van der Waals surface area contributed by atoms with Crippen molar-refractivity contribution < 1.29 is 29.0 Å². The minimum absolute atomic E-state index is 0.114. The Morgan fingerprint density at radius 3 is 2.68 bits per heavy atom. The van der Waals surface area contributed by atoms with E-state index in [1.54, 1.807) is 13.8 Å². The van der Waals surface area contributed by atoms with E-state index in [1.807, 2.05) is 19.9 Å². The van der Waals surface area contributed by atoms with Crippen LogP contribution in [0, 0.1) is 5.92 Å². The molecule has 0 saturated heterocycles. The lowest BCUT2D eigenvalue weighted by molar-refractivity contribution is 0.00420. The Balaban J connectivity index is 2.66. The van der Waals surface area contributed by atoms with Gasteiger partial charge in [0.1, 0.15) is 17.1 Å². The maximum Gasteiger partial charge on any atom is 0.341 e. The molecule has 1 aromatic carbocycles. The molecule has 2 rings (SSSR count). The number of phenols is 2. The first kappa shape index (κ1) is 18.0. The highest BCUT2D eigenvalue weighted by molar-refractivity contribution is 5.95. The molecule has 0 radical (unpaired) electrons. The van der Waals surface area contributed by atoms with E-state index in [0.29, 0.717) is 24.8 Å².